The van der Waals surface area contributed by atoms with E-state index < -0.39 is 5.97 Å². The molecule has 0 aliphatic carbocycles. The van der Waals surface area contributed by atoms with Gasteiger partial charge in [-0.3, -0.25) is 4.79 Å². The molecule has 1 N–H and O–H groups in total. The quantitative estimate of drug-likeness (QED) is 0.824. The number of nitrogens with zero attached hydrogens (tertiary/aromatic N) is 2. The van der Waals surface area contributed by atoms with E-state index in [0.29, 0.717) is 12.5 Å². The van der Waals surface area contributed by atoms with Crippen LogP contribution in [-0.2, 0) is 4.79 Å². The van der Waals surface area contributed by atoms with Gasteiger partial charge in [0, 0.05) is 25.2 Å². The van der Waals surface area contributed by atoms with Gasteiger partial charge < -0.3 is 10.0 Å². The van der Waals surface area contributed by atoms with Crippen molar-refractivity contribution >= 4 is 11.8 Å². The Hall–Kier alpha value is -1.58. The Morgan fingerprint density at radius 2 is 2.18 bits per heavy atom. The molecule has 0 radical (unpaired) electrons. The number of carboxylic acids is 1. The Labute approximate surface area is 102 Å². The summed E-state index contributed by atoms with van der Waals surface area (Å²) in [4.78, 5) is 17.0. The first-order valence-electron chi connectivity index (χ1n) is 5.92. The lowest BCUT2D eigenvalue weighted by atomic mass is 10.2. The topological polar surface area (TPSA) is 53.4 Å². The maximum absolute atomic E-state index is 10.5. The molecule has 1 rings (SSSR count). The Balaban J connectivity index is 2.65. The largest absolute Gasteiger partial charge is 0.481 e. The molecular weight excluding hydrogens is 216 g/mol. The lowest BCUT2D eigenvalue weighted by Crippen LogP contribution is -2.32. The third-order valence-corrected chi connectivity index (χ3v) is 2.60. The first-order chi connectivity index (χ1) is 8.00. The first-order valence-corrected chi connectivity index (χ1v) is 5.92. The van der Waals surface area contributed by atoms with Crippen LogP contribution in [0.1, 0.15) is 32.3 Å². The molecule has 0 saturated heterocycles. The van der Waals surface area contributed by atoms with E-state index in [2.05, 4.69) is 23.7 Å². The first kappa shape index (κ1) is 13.5. The van der Waals surface area contributed by atoms with Gasteiger partial charge >= 0.3 is 5.97 Å². The van der Waals surface area contributed by atoms with Crippen molar-refractivity contribution in [2.24, 2.45) is 0 Å². The van der Waals surface area contributed by atoms with Gasteiger partial charge in [0.15, 0.2) is 0 Å². The summed E-state index contributed by atoms with van der Waals surface area (Å²) < 4.78 is 0. The fraction of sp³-hybridized carbons (Fsp3) is 0.538. The summed E-state index contributed by atoms with van der Waals surface area (Å²) in [6, 6.07) is 4.32. The van der Waals surface area contributed by atoms with E-state index in [9.17, 15) is 4.79 Å². The van der Waals surface area contributed by atoms with E-state index in [1.165, 1.54) is 0 Å². The van der Waals surface area contributed by atoms with Crippen molar-refractivity contribution in [1.82, 2.24) is 4.98 Å². The van der Waals surface area contributed by atoms with Crippen molar-refractivity contribution in [2.75, 3.05) is 11.4 Å². The molecule has 0 saturated carbocycles. The highest BCUT2D eigenvalue weighted by molar-refractivity contribution is 5.66. The van der Waals surface area contributed by atoms with Crippen LogP contribution < -0.4 is 4.90 Å². The molecule has 17 heavy (non-hydrogen) atoms. The van der Waals surface area contributed by atoms with E-state index in [-0.39, 0.29) is 6.42 Å². The maximum Gasteiger partial charge on any atom is 0.303 e. The fourth-order valence-electron chi connectivity index (χ4n) is 1.67. The normalized spacial score (nSPS) is 10.6. The van der Waals surface area contributed by atoms with Crippen molar-refractivity contribution in [3.63, 3.8) is 0 Å². The summed E-state index contributed by atoms with van der Waals surface area (Å²) in [5.41, 5.74) is 1.13. The molecule has 0 fully saturated rings. The summed E-state index contributed by atoms with van der Waals surface area (Å²) in [5, 5.41) is 8.64. The number of hydrogen-bond acceptors (Lipinski definition) is 3. The monoisotopic (exact) mass is 236 g/mol. The van der Waals surface area contributed by atoms with Crippen molar-refractivity contribution in [1.29, 1.82) is 0 Å². The van der Waals surface area contributed by atoms with Gasteiger partial charge in [-0.15, -0.1) is 0 Å². The average Bonchev–Trinajstić information content (AvgIpc) is 2.25. The number of rotatable bonds is 6. The van der Waals surface area contributed by atoms with Crippen LogP contribution in [0.4, 0.5) is 5.82 Å². The molecule has 4 nitrogen and oxygen atoms in total. The summed E-state index contributed by atoms with van der Waals surface area (Å²) in [5.74, 6) is 0.168. The Morgan fingerprint density at radius 1 is 1.47 bits per heavy atom. The third kappa shape index (κ3) is 4.43. The van der Waals surface area contributed by atoms with Gasteiger partial charge in [0.25, 0.3) is 0 Å². The molecule has 0 unspecified atom stereocenters. The van der Waals surface area contributed by atoms with Crippen LogP contribution in [-0.4, -0.2) is 28.6 Å². The van der Waals surface area contributed by atoms with E-state index in [4.69, 9.17) is 5.11 Å². The number of carboxylic acid groups (broad SMARTS) is 1. The zero-order chi connectivity index (χ0) is 12.8. The minimum absolute atomic E-state index is 0.203. The van der Waals surface area contributed by atoms with Crippen LogP contribution in [0.3, 0.4) is 0 Å². The minimum Gasteiger partial charge on any atom is -0.481 e. The van der Waals surface area contributed by atoms with E-state index in [1.54, 1.807) is 0 Å². The predicted octanol–water partition coefficient (Wildman–Crippen LogP) is 2.47. The van der Waals surface area contributed by atoms with Crippen molar-refractivity contribution in [3.05, 3.63) is 23.9 Å². The zero-order valence-electron chi connectivity index (χ0n) is 10.7. The van der Waals surface area contributed by atoms with Gasteiger partial charge in [0.1, 0.15) is 5.82 Å². The van der Waals surface area contributed by atoms with Gasteiger partial charge in [-0.25, -0.2) is 4.98 Å². The van der Waals surface area contributed by atoms with E-state index in [0.717, 1.165) is 17.9 Å². The summed E-state index contributed by atoms with van der Waals surface area (Å²) in [6.45, 7) is 6.89. The van der Waals surface area contributed by atoms with Crippen LogP contribution in [0.5, 0.6) is 0 Å². The molecule has 0 aromatic carbocycles. The lowest BCUT2D eigenvalue weighted by molar-refractivity contribution is -0.137. The number of hydrogen-bond donors (Lipinski definition) is 1. The number of pyridine rings is 1. The lowest BCUT2D eigenvalue weighted by Gasteiger charge is -2.27. The zero-order valence-corrected chi connectivity index (χ0v) is 10.7. The number of anilines is 1. The van der Waals surface area contributed by atoms with Gasteiger partial charge in [-0.05, 0) is 38.8 Å². The van der Waals surface area contributed by atoms with Crippen molar-refractivity contribution in [3.8, 4) is 0 Å². The molecule has 0 spiro atoms. The molecule has 4 heteroatoms. The van der Waals surface area contributed by atoms with Crippen LogP contribution in [0.25, 0.3) is 0 Å². The standard InChI is InChI=1S/C13H20N2O2/c1-10(2)15(8-4-5-13(16)17)12-7-6-11(3)9-14-12/h6-7,9-10H,4-5,8H2,1-3H3,(H,16,17). The number of aromatic nitrogens is 1. The fourth-order valence-corrected chi connectivity index (χ4v) is 1.67. The molecule has 0 bridgehead atoms. The van der Waals surface area contributed by atoms with Crippen LogP contribution in [0.15, 0.2) is 18.3 Å². The van der Waals surface area contributed by atoms with Gasteiger partial charge in [-0.2, -0.15) is 0 Å². The second-order valence-electron chi connectivity index (χ2n) is 4.48. The highest BCUT2D eigenvalue weighted by Crippen LogP contribution is 2.15. The number of aliphatic carboxylic acids is 1. The maximum atomic E-state index is 10.5. The molecular formula is C13H20N2O2. The smallest absolute Gasteiger partial charge is 0.303 e. The van der Waals surface area contributed by atoms with Gasteiger partial charge in [0.05, 0.1) is 0 Å². The summed E-state index contributed by atoms with van der Waals surface area (Å²) in [6.07, 6.45) is 2.68. The summed E-state index contributed by atoms with van der Waals surface area (Å²) in [7, 11) is 0. The van der Waals surface area contributed by atoms with Crippen LogP contribution in [0.2, 0.25) is 0 Å². The van der Waals surface area contributed by atoms with Crippen molar-refractivity contribution in [2.45, 2.75) is 39.7 Å². The Kier molecular flexibility index (Phi) is 4.94. The molecule has 1 aromatic heterocycles. The average molecular weight is 236 g/mol. The van der Waals surface area contributed by atoms with Gasteiger partial charge in [0.2, 0.25) is 0 Å². The molecule has 0 aliphatic heterocycles. The SMILES string of the molecule is Cc1ccc(N(CCCC(=O)O)C(C)C)nc1. The summed E-state index contributed by atoms with van der Waals surface area (Å²) >= 11 is 0. The van der Waals surface area contributed by atoms with Gasteiger partial charge in [-0.1, -0.05) is 6.07 Å². The Bertz CT molecular complexity index is 360. The molecule has 1 aromatic rings. The highest BCUT2D eigenvalue weighted by Gasteiger charge is 2.11. The van der Waals surface area contributed by atoms with Crippen LogP contribution in [0, 0.1) is 6.92 Å². The second kappa shape index (κ2) is 6.23. The molecule has 0 atom stereocenters. The molecule has 0 amide bonds. The van der Waals surface area contributed by atoms with Crippen LogP contribution >= 0.6 is 0 Å². The highest BCUT2D eigenvalue weighted by atomic mass is 16.4. The van der Waals surface area contributed by atoms with E-state index in [1.807, 2.05) is 25.3 Å². The third-order valence-electron chi connectivity index (χ3n) is 2.60. The van der Waals surface area contributed by atoms with E-state index >= 15 is 0 Å². The second-order valence-corrected chi connectivity index (χ2v) is 4.48. The Morgan fingerprint density at radius 3 is 2.65 bits per heavy atom. The predicted molar refractivity (Wildman–Crippen MR) is 68.3 cm³/mol. The molecule has 0 aliphatic rings. The molecule has 1 heterocycles. The minimum atomic E-state index is -0.745. The number of carbonyl (C=O) groups is 1. The number of aryl methyl sites for hydroxylation is 1. The van der Waals surface area contributed by atoms with Crippen molar-refractivity contribution < 1.29 is 9.90 Å². The molecule has 94 valence electrons.